The van der Waals surface area contributed by atoms with Gasteiger partial charge in [-0.25, -0.2) is 8.42 Å². The normalized spacial score (nSPS) is 11.8. The van der Waals surface area contributed by atoms with Crippen LogP contribution in [0, 0.1) is 0 Å². The topological polar surface area (TPSA) is 73.0 Å². The summed E-state index contributed by atoms with van der Waals surface area (Å²) in [5.41, 5.74) is 6.75. The van der Waals surface area contributed by atoms with Crippen molar-refractivity contribution in [2.45, 2.75) is 4.90 Å². The number of fused-ring (bicyclic) bond motifs is 1. The summed E-state index contributed by atoms with van der Waals surface area (Å²) in [6.07, 6.45) is 2.78. The number of nitrogens with two attached hydrogens (primary N) is 1. The van der Waals surface area contributed by atoms with E-state index in [1.165, 1.54) is 6.07 Å². The maximum atomic E-state index is 11.4. The predicted molar refractivity (Wildman–Crippen MR) is 59.3 cm³/mol. The Kier molecular flexibility index (Phi) is 2.12. The monoisotopic (exact) mass is 222 g/mol. The lowest BCUT2D eigenvalue weighted by Gasteiger charge is -2.06. The molecule has 4 nitrogen and oxygen atoms in total. The molecule has 1 aromatic carbocycles. The van der Waals surface area contributed by atoms with Crippen molar-refractivity contribution in [3.63, 3.8) is 0 Å². The summed E-state index contributed by atoms with van der Waals surface area (Å²) < 4.78 is 22.8. The van der Waals surface area contributed by atoms with E-state index in [1.54, 1.807) is 24.4 Å². The molecule has 0 saturated carbocycles. The molecular weight excluding hydrogens is 212 g/mol. The fraction of sp³-hybridized carbons (Fsp3) is 0.100. The van der Waals surface area contributed by atoms with Crippen LogP contribution in [0.3, 0.4) is 0 Å². The van der Waals surface area contributed by atoms with Crippen LogP contribution in [0.25, 0.3) is 10.9 Å². The van der Waals surface area contributed by atoms with Gasteiger partial charge in [-0.2, -0.15) is 0 Å². The molecule has 2 rings (SSSR count). The second-order valence-corrected chi connectivity index (χ2v) is 5.30. The van der Waals surface area contributed by atoms with Gasteiger partial charge in [0.2, 0.25) is 0 Å². The number of nitrogen functional groups attached to an aromatic ring is 1. The lowest BCUT2D eigenvalue weighted by molar-refractivity contribution is 0.602. The van der Waals surface area contributed by atoms with Crippen molar-refractivity contribution in [3.05, 3.63) is 30.5 Å². The molecule has 0 amide bonds. The molecule has 2 aromatic rings. The summed E-state index contributed by atoms with van der Waals surface area (Å²) in [5, 5.41) is 0.667. The van der Waals surface area contributed by atoms with Crippen molar-refractivity contribution in [2.24, 2.45) is 0 Å². The first-order chi connectivity index (χ1) is 7.00. The lowest BCUT2D eigenvalue weighted by atomic mass is 10.2. The molecule has 1 heterocycles. The molecule has 0 fully saturated rings. The van der Waals surface area contributed by atoms with Gasteiger partial charge in [0.05, 0.1) is 16.1 Å². The summed E-state index contributed by atoms with van der Waals surface area (Å²) in [6.45, 7) is 0. The van der Waals surface area contributed by atoms with Crippen molar-refractivity contribution in [3.8, 4) is 0 Å². The molecule has 0 aliphatic heterocycles. The second-order valence-electron chi connectivity index (χ2n) is 3.32. The summed E-state index contributed by atoms with van der Waals surface area (Å²) in [6, 6.07) is 6.62. The Bertz CT molecular complexity index is 620. The molecule has 2 N–H and O–H groups in total. The van der Waals surface area contributed by atoms with Crippen LogP contribution in [0.4, 0.5) is 5.69 Å². The Morgan fingerprint density at radius 1 is 1.27 bits per heavy atom. The van der Waals surface area contributed by atoms with E-state index < -0.39 is 9.84 Å². The Morgan fingerprint density at radius 2 is 2.00 bits per heavy atom. The van der Waals surface area contributed by atoms with Crippen LogP contribution in [-0.2, 0) is 9.84 Å². The minimum atomic E-state index is -3.28. The molecule has 5 heteroatoms. The van der Waals surface area contributed by atoms with Crippen molar-refractivity contribution in [2.75, 3.05) is 12.0 Å². The number of hydrogen-bond donors (Lipinski definition) is 1. The fourth-order valence-corrected chi connectivity index (χ4v) is 2.30. The van der Waals surface area contributed by atoms with Crippen LogP contribution in [0.15, 0.2) is 35.4 Å². The van der Waals surface area contributed by atoms with E-state index in [-0.39, 0.29) is 10.6 Å². The van der Waals surface area contributed by atoms with Gasteiger partial charge in [-0.3, -0.25) is 4.98 Å². The molecular formula is C10H10N2O2S. The zero-order valence-corrected chi connectivity index (χ0v) is 8.95. The van der Waals surface area contributed by atoms with Crippen LogP contribution in [-0.4, -0.2) is 19.7 Å². The van der Waals surface area contributed by atoms with Gasteiger partial charge < -0.3 is 5.73 Å². The minimum absolute atomic E-state index is 0.156. The molecule has 1 aromatic heterocycles. The number of rotatable bonds is 1. The van der Waals surface area contributed by atoms with E-state index in [0.717, 1.165) is 6.26 Å². The molecule has 0 atom stereocenters. The Morgan fingerprint density at radius 3 is 2.67 bits per heavy atom. The molecule has 15 heavy (non-hydrogen) atoms. The Hall–Kier alpha value is -1.62. The van der Waals surface area contributed by atoms with E-state index in [0.29, 0.717) is 10.9 Å². The number of benzene rings is 1. The van der Waals surface area contributed by atoms with Crippen LogP contribution in [0.1, 0.15) is 0 Å². The van der Waals surface area contributed by atoms with Gasteiger partial charge in [-0.15, -0.1) is 0 Å². The second kappa shape index (κ2) is 3.20. The smallest absolute Gasteiger partial charge is 0.177 e. The van der Waals surface area contributed by atoms with E-state index in [2.05, 4.69) is 4.98 Å². The van der Waals surface area contributed by atoms with Crippen molar-refractivity contribution in [1.29, 1.82) is 0 Å². The maximum Gasteiger partial charge on any atom is 0.177 e. The molecule has 0 radical (unpaired) electrons. The highest BCUT2D eigenvalue weighted by molar-refractivity contribution is 7.90. The number of pyridine rings is 1. The van der Waals surface area contributed by atoms with E-state index in [1.807, 2.05) is 0 Å². The quantitative estimate of drug-likeness (QED) is 0.736. The number of sulfone groups is 1. The highest BCUT2D eigenvalue weighted by Gasteiger charge is 2.13. The largest absolute Gasteiger partial charge is 0.397 e. The first kappa shape index (κ1) is 9.92. The van der Waals surface area contributed by atoms with Gasteiger partial charge in [-0.05, 0) is 24.3 Å². The molecule has 0 aliphatic rings. The van der Waals surface area contributed by atoms with Crippen molar-refractivity contribution >= 4 is 26.4 Å². The highest BCUT2D eigenvalue weighted by atomic mass is 32.2. The van der Waals surface area contributed by atoms with Gasteiger partial charge >= 0.3 is 0 Å². The predicted octanol–water partition coefficient (Wildman–Crippen LogP) is 1.22. The summed E-state index contributed by atoms with van der Waals surface area (Å²) in [7, 11) is -3.28. The van der Waals surface area contributed by atoms with Crippen LogP contribution < -0.4 is 5.73 Å². The fourth-order valence-electron chi connectivity index (χ4n) is 1.48. The zero-order chi connectivity index (χ0) is 11.1. The van der Waals surface area contributed by atoms with E-state index in [4.69, 9.17) is 5.73 Å². The van der Waals surface area contributed by atoms with Crippen LogP contribution in [0.5, 0.6) is 0 Å². The number of hydrogen-bond acceptors (Lipinski definition) is 4. The first-order valence-corrected chi connectivity index (χ1v) is 6.22. The third kappa shape index (κ3) is 1.66. The van der Waals surface area contributed by atoms with Gasteiger partial charge in [-0.1, -0.05) is 0 Å². The van der Waals surface area contributed by atoms with Crippen LogP contribution in [0.2, 0.25) is 0 Å². The van der Waals surface area contributed by atoms with E-state index >= 15 is 0 Å². The Balaban J connectivity index is 2.88. The van der Waals surface area contributed by atoms with E-state index in [9.17, 15) is 8.42 Å². The SMILES string of the molecule is CS(=O)(=O)c1ccc2ncccc2c1N. The average molecular weight is 222 g/mol. The molecule has 0 aliphatic carbocycles. The molecule has 0 unspecified atom stereocenters. The van der Waals surface area contributed by atoms with Crippen molar-refractivity contribution < 1.29 is 8.42 Å². The van der Waals surface area contributed by atoms with Gasteiger partial charge in [0, 0.05) is 17.8 Å². The van der Waals surface area contributed by atoms with Gasteiger partial charge in [0.25, 0.3) is 0 Å². The number of anilines is 1. The first-order valence-electron chi connectivity index (χ1n) is 4.33. The number of aromatic nitrogens is 1. The molecule has 0 spiro atoms. The summed E-state index contributed by atoms with van der Waals surface area (Å²) in [4.78, 5) is 4.25. The minimum Gasteiger partial charge on any atom is -0.397 e. The van der Waals surface area contributed by atoms with Crippen LogP contribution >= 0.6 is 0 Å². The van der Waals surface area contributed by atoms with Gasteiger partial charge in [0.15, 0.2) is 9.84 Å². The molecule has 0 bridgehead atoms. The third-order valence-electron chi connectivity index (χ3n) is 2.19. The zero-order valence-electron chi connectivity index (χ0n) is 8.14. The standard InChI is InChI=1S/C10H10N2O2S/c1-15(13,14)9-5-4-8-7(10(9)11)3-2-6-12-8/h2-6H,11H2,1H3. The van der Waals surface area contributed by atoms with Gasteiger partial charge in [0.1, 0.15) is 0 Å². The summed E-state index contributed by atoms with van der Waals surface area (Å²) in [5.74, 6) is 0. The summed E-state index contributed by atoms with van der Waals surface area (Å²) >= 11 is 0. The third-order valence-corrected chi connectivity index (χ3v) is 3.34. The lowest BCUT2D eigenvalue weighted by Crippen LogP contribution is -2.03. The molecule has 0 saturated heterocycles. The Labute approximate surface area is 87.7 Å². The molecule has 78 valence electrons. The van der Waals surface area contributed by atoms with Crippen molar-refractivity contribution in [1.82, 2.24) is 4.98 Å². The maximum absolute atomic E-state index is 11.4. The highest BCUT2D eigenvalue weighted by Crippen LogP contribution is 2.26. The average Bonchev–Trinajstić information content (AvgIpc) is 2.16. The number of nitrogens with zero attached hydrogens (tertiary/aromatic N) is 1.